The largest absolute Gasteiger partial charge is 0.294 e. The summed E-state index contributed by atoms with van der Waals surface area (Å²) in [6.07, 6.45) is 2.68. The van der Waals surface area contributed by atoms with Crippen LogP contribution >= 0.6 is 11.6 Å². The van der Waals surface area contributed by atoms with Crippen LogP contribution in [-0.4, -0.2) is 22.6 Å². The third kappa shape index (κ3) is 6.28. The first-order valence-corrected chi connectivity index (χ1v) is 13.4. The zero-order chi connectivity index (χ0) is 24.1. The van der Waals surface area contributed by atoms with Gasteiger partial charge in [0.05, 0.1) is 5.02 Å². The molecule has 0 atom stereocenters. The Morgan fingerprint density at radius 2 is 1.21 bits per heavy atom. The molecule has 0 fully saturated rings. The van der Waals surface area contributed by atoms with E-state index in [-0.39, 0.29) is 21.9 Å². The van der Waals surface area contributed by atoms with E-state index < -0.39 is 24.3 Å². The topological polar surface area (TPSA) is 85.3 Å². The highest BCUT2D eigenvalue weighted by molar-refractivity contribution is 8.11. The summed E-state index contributed by atoms with van der Waals surface area (Å²) in [4.78, 5) is 11.7. The first kappa shape index (κ1) is 24.6. The van der Waals surface area contributed by atoms with Crippen molar-refractivity contribution in [1.82, 2.24) is 0 Å². The molecule has 5 nitrogen and oxygen atoms in total. The maximum Gasteiger partial charge on any atom is 0.195 e. The third-order valence-corrected chi connectivity index (χ3v) is 9.43. The van der Waals surface area contributed by atoms with Crippen molar-refractivity contribution in [2.24, 2.45) is 0 Å². The summed E-state index contributed by atoms with van der Waals surface area (Å²) < 4.78 is 51.2. The second-order valence-corrected chi connectivity index (χ2v) is 11.8. The monoisotopic (exact) mass is 500 g/mol. The fourth-order valence-electron chi connectivity index (χ4n) is 3.15. The van der Waals surface area contributed by atoms with Gasteiger partial charge in [-0.1, -0.05) is 78.3 Å². The molecule has 0 aliphatic rings. The van der Waals surface area contributed by atoms with Gasteiger partial charge in [0, 0.05) is 16.4 Å². The number of hydrogen-bond donors (Lipinski definition) is 0. The lowest BCUT2D eigenvalue weighted by atomic mass is 10.1. The Balaban J connectivity index is 2.11. The van der Waals surface area contributed by atoms with Crippen molar-refractivity contribution in [3.63, 3.8) is 0 Å². The third-order valence-electron chi connectivity index (χ3n) is 4.74. The molecule has 0 aliphatic carbocycles. The van der Waals surface area contributed by atoms with Crippen LogP contribution in [0.2, 0.25) is 5.02 Å². The van der Waals surface area contributed by atoms with Crippen LogP contribution in [0.4, 0.5) is 0 Å². The van der Waals surface area contributed by atoms with E-state index in [1.807, 2.05) is 0 Å². The second-order valence-electron chi connectivity index (χ2n) is 7.23. The average molecular weight is 501 g/mol. The van der Waals surface area contributed by atoms with E-state index in [2.05, 4.69) is 0 Å². The zero-order valence-electron chi connectivity index (χ0n) is 17.6. The van der Waals surface area contributed by atoms with Crippen LogP contribution in [0.15, 0.2) is 89.7 Å². The maximum absolute atomic E-state index is 13.3. The van der Waals surface area contributed by atoms with Gasteiger partial charge in [0.1, 0.15) is 0 Å². The van der Waals surface area contributed by atoms with Gasteiger partial charge in [0.2, 0.25) is 0 Å². The molecule has 0 aliphatic heterocycles. The molecule has 170 valence electrons. The lowest BCUT2D eigenvalue weighted by Crippen LogP contribution is -2.20. The number of Topliss-reactive ketones (excluding diaryl/α,β-unsaturated/α-hetero) is 1. The van der Waals surface area contributed by atoms with Gasteiger partial charge >= 0.3 is 0 Å². The molecule has 0 amide bonds. The second kappa shape index (κ2) is 10.3. The molecular weight excluding hydrogens is 480 g/mol. The number of ketones is 1. The van der Waals surface area contributed by atoms with Gasteiger partial charge in [0.25, 0.3) is 0 Å². The van der Waals surface area contributed by atoms with Crippen molar-refractivity contribution >= 4 is 49.2 Å². The van der Waals surface area contributed by atoms with Crippen LogP contribution in [0, 0.1) is 0 Å². The summed E-state index contributed by atoms with van der Waals surface area (Å²) >= 11 is 6.17. The zero-order valence-corrected chi connectivity index (χ0v) is 20.0. The van der Waals surface area contributed by atoms with Gasteiger partial charge in [0.15, 0.2) is 30.0 Å². The molecule has 3 aromatic rings. The Morgan fingerprint density at radius 3 is 1.61 bits per heavy atom. The molecule has 0 bridgehead atoms. The molecule has 8 heteroatoms. The van der Waals surface area contributed by atoms with Gasteiger partial charge in [-0.25, -0.2) is 16.8 Å². The van der Waals surface area contributed by atoms with Crippen molar-refractivity contribution in [2.45, 2.75) is 11.5 Å². The highest BCUT2D eigenvalue weighted by Gasteiger charge is 2.36. The van der Waals surface area contributed by atoms with E-state index in [9.17, 15) is 21.6 Å². The van der Waals surface area contributed by atoms with Crippen LogP contribution in [0.3, 0.4) is 0 Å². The summed E-state index contributed by atoms with van der Waals surface area (Å²) in [5, 5.41) is 1.75. The Kier molecular flexibility index (Phi) is 7.68. The number of benzene rings is 3. The number of rotatable bonds is 8. The number of sulfone groups is 2. The summed E-state index contributed by atoms with van der Waals surface area (Å²) in [6.45, 7) is 1.32. The van der Waals surface area contributed by atoms with E-state index >= 15 is 0 Å². The minimum atomic E-state index is -4.35. The van der Waals surface area contributed by atoms with Gasteiger partial charge < -0.3 is 0 Å². The molecular formula is C25H21ClO5S2. The van der Waals surface area contributed by atoms with Crippen molar-refractivity contribution in [3.8, 4) is 0 Å². The van der Waals surface area contributed by atoms with Crippen molar-refractivity contribution in [1.29, 1.82) is 0 Å². The van der Waals surface area contributed by atoms with Gasteiger partial charge in [-0.05, 0) is 47.9 Å². The van der Waals surface area contributed by atoms with E-state index in [4.69, 9.17) is 11.6 Å². The summed E-state index contributed by atoms with van der Waals surface area (Å²) in [5.74, 6) is -0.318. The standard InChI is InChI=1S/C25H21ClO5S2/c1-19(27)23-13-12-22(18-24(23)26)25(32(28,29)16-14-20-8-4-2-5-9-20)33(30,31)17-15-21-10-6-3-7-11-21/h2-18,25H,1H3/b16-14+,17-15+. The number of halogens is 1. The minimum absolute atomic E-state index is 0.0190. The highest BCUT2D eigenvalue weighted by Crippen LogP contribution is 2.34. The lowest BCUT2D eigenvalue weighted by Gasteiger charge is -2.16. The summed E-state index contributed by atoms with van der Waals surface area (Å²) in [5.41, 5.74) is 1.32. The van der Waals surface area contributed by atoms with Gasteiger partial charge in [-0.15, -0.1) is 0 Å². The number of hydrogen-bond acceptors (Lipinski definition) is 5. The Hall–Kier alpha value is -3.00. The van der Waals surface area contributed by atoms with Crippen molar-refractivity contribution < 1.29 is 21.6 Å². The van der Waals surface area contributed by atoms with E-state index in [0.717, 1.165) is 10.8 Å². The molecule has 3 rings (SSSR count). The number of carbonyl (C=O) groups excluding carboxylic acids is 1. The van der Waals surface area contributed by atoms with Crippen LogP contribution in [0.25, 0.3) is 12.2 Å². The Bertz CT molecular complexity index is 1330. The predicted molar refractivity (Wildman–Crippen MR) is 133 cm³/mol. The SMILES string of the molecule is CC(=O)c1ccc(C(S(=O)(=O)/C=C/c2ccccc2)S(=O)(=O)/C=C/c2ccccc2)cc1Cl. The maximum atomic E-state index is 13.3. The molecule has 0 unspecified atom stereocenters. The van der Waals surface area contributed by atoms with Crippen LogP contribution < -0.4 is 0 Å². The van der Waals surface area contributed by atoms with Crippen LogP contribution in [0.5, 0.6) is 0 Å². The molecule has 3 aromatic carbocycles. The first-order valence-electron chi connectivity index (χ1n) is 9.84. The van der Waals surface area contributed by atoms with Crippen molar-refractivity contribution in [3.05, 3.63) is 117 Å². The van der Waals surface area contributed by atoms with Gasteiger partial charge in [-0.2, -0.15) is 0 Å². The van der Waals surface area contributed by atoms with E-state index in [1.54, 1.807) is 60.7 Å². The smallest absolute Gasteiger partial charge is 0.195 e. The molecule has 0 saturated heterocycles. The molecule has 0 radical (unpaired) electrons. The summed E-state index contributed by atoms with van der Waals surface area (Å²) in [7, 11) is -8.70. The van der Waals surface area contributed by atoms with Crippen molar-refractivity contribution in [2.75, 3.05) is 0 Å². The lowest BCUT2D eigenvalue weighted by molar-refractivity contribution is 0.101. The molecule has 0 spiro atoms. The Morgan fingerprint density at radius 1 is 0.758 bits per heavy atom. The first-order chi connectivity index (χ1) is 15.6. The predicted octanol–water partition coefficient (Wildman–Crippen LogP) is 5.71. The Labute approximate surface area is 198 Å². The fourth-order valence-corrected chi connectivity index (χ4v) is 7.38. The minimum Gasteiger partial charge on any atom is -0.294 e. The fraction of sp³-hybridized carbons (Fsp3) is 0.0800. The summed E-state index contributed by atoms with van der Waals surface area (Å²) in [6, 6.07) is 21.2. The normalized spacial score (nSPS) is 12.6. The molecule has 0 aromatic heterocycles. The number of carbonyl (C=O) groups is 1. The highest BCUT2D eigenvalue weighted by atomic mass is 35.5. The van der Waals surface area contributed by atoms with E-state index in [0.29, 0.717) is 11.1 Å². The molecule has 0 saturated carbocycles. The molecule has 33 heavy (non-hydrogen) atoms. The quantitative estimate of drug-likeness (QED) is 0.369. The van der Waals surface area contributed by atoms with Crippen LogP contribution in [-0.2, 0) is 19.7 Å². The van der Waals surface area contributed by atoms with Crippen LogP contribution in [0.1, 0.15) is 38.6 Å². The average Bonchev–Trinajstić information content (AvgIpc) is 2.77. The molecule has 0 heterocycles. The van der Waals surface area contributed by atoms with E-state index in [1.165, 1.54) is 37.3 Å². The van der Waals surface area contributed by atoms with Gasteiger partial charge in [-0.3, -0.25) is 4.79 Å². The molecule has 0 N–H and O–H groups in total.